The van der Waals surface area contributed by atoms with Gasteiger partial charge in [0.25, 0.3) is 11.8 Å². The van der Waals surface area contributed by atoms with Gasteiger partial charge in [-0.15, -0.1) is 0 Å². The van der Waals surface area contributed by atoms with Crippen molar-refractivity contribution in [3.63, 3.8) is 0 Å². The first-order chi connectivity index (χ1) is 18.5. The van der Waals surface area contributed by atoms with Gasteiger partial charge in [-0.1, -0.05) is 30.3 Å². The van der Waals surface area contributed by atoms with E-state index in [1.54, 1.807) is 60.7 Å². The van der Waals surface area contributed by atoms with Crippen LogP contribution in [-0.4, -0.2) is 22.8 Å². The molecular formula is C29H21FN2O5S. The van der Waals surface area contributed by atoms with Gasteiger partial charge >= 0.3 is 0 Å². The molecule has 190 valence electrons. The summed E-state index contributed by atoms with van der Waals surface area (Å²) in [6.07, 6.45) is 0. The van der Waals surface area contributed by atoms with Crippen LogP contribution in [0.1, 0.15) is 31.8 Å². The van der Waals surface area contributed by atoms with Crippen LogP contribution in [0.4, 0.5) is 10.1 Å². The third-order valence-electron chi connectivity index (χ3n) is 6.42. The van der Waals surface area contributed by atoms with E-state index in [0.717, 1.165) is 5.56 Å². The summed E-state index contributed by atoms with van der Waals surface area (Å²) in [5.74, 6) is 0.191. The highest BCUT2D eigenvalue weighted by Crippen LogP contribution is 2.36. The first kappa shape index (κ1) is 23.9. The fraction of sp³-hybridized carbons (Fsp3) is 0.103. The molecule has 2 heterocycles. The van der Waals surface area contributed by atoms with Crippen molar-refractivity contribution in [3.8, 4) is 11.5 Å². The van der Waals surface area contributed by atoms with E-state index < -0.39 is 10.8 Å². The van der Waals surface area contributed by atoms with Gasteiger partial charge in [0, 0.05) is 12.1 Å². The van der Waals surface area contributed by atoms with E-state index >= 15 is 0 Å². The third kappa shape index (κ3) is 4.41. The molecule has 2 aliphatic rings. The summed E-state index contributed by atoms with van der Waals surface area (Å²) in [7, 11) is -1.65. The molecule has 4 aromatic carbocycles. The summed E-state index contributed by atoms with van der Waals surface area (Å²) in [6.45, 7) is 0.528. The Kier molecular flexibility index (Phi) is 6.13. The first-order valence-electron chi connectivity index (χ1n) is 11.9. The molecule has 0 radical (unpaired) electrons. The van der Waals surface area contributed by atoms with Gasteiger partial charge in [0.05, 0.1) is 38.4 Å². The number of halogens is 1. The van der Waals surface area contributed by atoms with Crippen molar-refractivity contribution in [1.29, 1.82) is 0 Å². The van der Waals surface area contributed by atoms with Crippen molar-refractivity contribution in [2.24, 2.45) is 0 Å². The Morgan fingerprint density at radius 3 is 2.50 bits per heavy atom. The molecule has 0 fully saturated rings. The zero-order valence-electron chi connectivity index (χ0n) is 20.0. The van der Waals surface area contributed by atoms with Gasteiger partial charge in [0.15, 0.2) is 11.5 Å². The second-order valence-corrected chi connectivity index (χ2v) is 10.3. The summed E-state index contributed by atoms with van der Waals surface area (Å²) < 4.78 is 37.8. The van der Waals surface area contributed by atoms with E-state index in [1.807, 2.05) is 12.1 Å². The molecule has 2 amide bonds. The molecule has 0 aliphatic carbocycles. The predicted octanol–water partition coefficient (Wildman–Crippen LogP) is 4.81. The van der Waals surface area contributed by atoms with Gasteiger partial charge < -0.3 is 19.7 Å². The number of ether oxygens (including phenoxy) is 2. The number of hydrogen-bond acceptors (Lipinski definition) is 5. The standard InChI is InChI=1S/C29H21FN2O5S/c30-21-9-5-18(6-10-21)16-32-23-14-20(28(33)31-15-19-7-11-24-25(13-19)37-17-36-24)8-12-27(23)38(35)26-4-2-1-3-22(26)29(32)34/h1-14H,15-17H2,(H,31,33)/t38-/m0/s1. The van der Waals surface area contributed by atoms with Crippen LogP contribution in [0.2, 0.25) is 0 Å². The number of anilines is 1. The van der Waals surface area contributed by atoms with Crippen LogP contribution >= 0.6 is 0 Å². The second-order valence-electron chi connectivity index (χ2n) is 8.84. The molecule has 6 rings (SSSR count). The smallest absolute Gasteiger partial charge is 0.259 e. The summed E-state index contributed by atoms with van der Waals surface area (Å²) in [4.78, 5) is 29.1. The predicted molar refractivity (Wildman–Crippen MR) is 138 cm³/mol. The second kappa shape index (κ2) is 9.75. The number of fused-ring (bicyclic) bond motifs is 3. The van der Waals surface area contributed by atoms with E-state index in [9.17, 15) is 18.2 Å². The number of carbonyl (C=O) groups excluding carboxylic acids is 2. The van der Waals surface area contributed by atoms with Crippen molar-refractivity contribution in [2.75, 3.05) is 11.7 Å². The minimum absolute atomic E-state index is 0.111. The SMILES string of the molecule is O=C(NCc1ccc2c(c1)OCO2)c1ccc2c(c1)N(Cc1ccc(F)cc1)C(=O)c1ccccc1[S@@]2=O. The first-order valence-corrected chi connectivity index (χ1v) is 13.0. The number of carbonyl (C=O) groups is 2. The molecular weight excluding hydrogens is 507 g/mol. The molecule has 1 atom stereocenters. The van der Waals surface area contributed by atoms with Crippen LogP contribution in [0.25, 0.3) is 0 Å². The fourth-order valence-electron chi connectivity index (χ4n) is 4.47. The highest BCUT2D eigenvalue weighted by molar-refractivity contribution is 7.85. The zero-order valence-corrected chi connectivity index (χ0v) is 20.8. The summed E-state index contributed by atoms with van der Waals surface area (Å²) >= 11 is 0. The topological polar surface area (TPSA) is 84.9 Å². The summed E-state index contributed by atoms with van der Waals surface area (Å²) in [5.41, 5.74) is 2.52. The minimum atomic E-state index is -1.65. The number of hydrogen-bond donors (Lipinski definition) is 1. The van der Waals surface area contributed by atoms with Gasteiger partial charge in [-0.2, -0.15) is 0 Å². The van der Waals surface area contributed by atoms with Crippen LogP contribution in [0.5, 0.6) is 11.5 Å². The maximum Gasteiger partial charge on any atom is 0.259 e. The molecule has 7 nitrogen and oxygen atoms in total. The normalized spacial score (nSPS) is 15.4. The van der Waals surface area contributed by atoms with E-state index in [2.05, 4.69) is 5.32 Å². The summed E-state index contributed by atoms with van der Waals surface area (Å²) in [5, 5.41) is 2.88. The van der Waals surface area contributed by atoms with Crippen LogP contribution in [0.3, 0.4) is 0 Å². The van der Waals surface area contributed by atoms with E-state index in [4.69, 9.17) is 9.47 Å². The fourth-order valence-corrected chi connectivity index (χ4v) is 5.81. The quantitative estimate of drug-likeness (QED) is 0.402. The Hall–Kier alpha value is -4.50. The zero-order chi connectivity index (χ0) is 26.2. The molecule has 0 saturated heterocycles. The van der Waals surface area contributed by atoms with Crippen LogP contribution < -0.4 is 19.7 Å². The largest absolute Gasteiger partial charge is 0.454 e. The maximum absolute atomic E-state index is 13.7. The highest BCUT2D eigenvalue weighted by atomic mass is 32.2. The lowest BCUT2D eigenvalue weighted by molar-refractivity contribution is 0.0947. The molecule has 2 aliphatic heterocycles. The molecule has 0 saturated carbocycles. The van der Waals surface area contributed by atoms with Crippen molar-refractivity contribution in [1.82, 2.24) is 5.32 Å². The van der Waals surface area contributed by atoms with Crippen molar-refractivity contribution in [2.45, 2.75) is 22.9 Å². The van der Waals surface area contributed by atoms with E-state index in [1.165, 1.54) is 17.0 Å². The van der Waals surface area contributed by atoms with E-state index in [-0.39, 0.29) is 37.5 Å². The Bertz CT molecular complexity index is 1610. The number of nitrogens with one attached hydrogen (secondary N) is 1. The van der Waals surface area contributed by atoms with Crippen LogP contribution in [0, 0.1) is 5.82 Å². The lowest BCUT2D eigenvalue weighted by atomic mass is 10.1. The number of benzene rings is 4. The average Bonchev–Trinajstić information content (AvgIpc) is 3.40. The summed E-state index contributed by atoms with van der Waals surface area (Å²) in [6, 6.07) is 22.8. The van der Waals surface area contributed by atoms with Gasteiger partial charge in [-0.05, 0) is 65.7 Å². The van der Waals surface area contributed by atoms with Gasteiger partial charge in [-0.3, -0.25) is 9.59 Å². The van der Waals surface area contributed by atoms with Crippen LogP contribution in [-0.2, 0) is 23.9 Å². The van der Waals surface area contributed by atoms with Crippen molar-refractivity contribution in [3.05, 3.63) is 113 Å². The molecule has 1 N–H and O–H groups in total. The van der Waals surface area contributed by atoms with Crippen molar-refractivity contribution < 1.29 is 27.7 Å². The Morgan fingerprint density at radius 1 is 0.895 bits per heavy atom. The lowest BCUT2D eigenvalue weighted by Crippen LogP contribution is -2.31. The van der Waals surface area contributed by atoms with Gasteiger partial charge in [0.2, 0.25) is 6.79 Å². The van der Waals surface area contributed by atoms with Crippen molar-refractivity contribution >= 4 is 28.3 Å². The molecule has 4 aromatic rings. The highest BCUT2D eigenvalue weighted by Gasteiger charge is 2.31. The Morgan fingerprint density at radius 2 is 1.66 bits per heavy atom. The van der Waals surface area contributed by atoms with Gasteiger partial charge in [-0.25, -0.2) is 8.60 Å². The number of amides is 2. The molecule has 0 aromatic heterocycles. The minimum Gasteiger partial charge on any atom is -0.454 e. The van der Waals surface area contributed by atoms with Crippen LogP contribution in [0.15, 0.2) is 94.7 Å². The maximum atomic E-state index is 13.7. The Labute approximate surface area is 220 Å². The molecule has 0 bridgehead atoms. The lowest BCUT2D eigenvalue weighted by Gasteiger charge is -2.23. The average molecular weight is 529 g/mol. The van der Waals surface area contributed by atoms with E-state index in [0.29, 0.717) is 43.7 Å². The molecule has 38 heavy (non-hydrogen) atoms. The number of nitrogens with zero attached hydrogens (tertiary/aromatic N) is 1. The molecule has 0 unspecified atom stereocenters. The third-order valence-corrected chi connectivity index (χ3v) is 7.92. The number of rotatable bonds is 5. The molecule has 9 heteroatoms. The van der Waals surface area contributed by atoms with Gasteiger partial charge in [0.1, 0.15) is 5.82 Å². The monoisotopic (exact) mass is 528 g/mol. The molecule has 0 spiro atoms. The Balaban J connectivity index is 1.33.